The molecule has 1 aromatic rings. The van der Waals surface area contributed by atoms with Gasteiger partial charge in [-0.25, -0.2) is 0 Å². The van der Waals surface area contributed by atoms with Crippen molar-refractivity contribution in [2.45, 2.75) is 55.4 Å². The van der Waals surface area contributed by atoms with E-state index in [2.05, 4.69) is 51.3 Å². The lowest BCUT2D eigenvalue weighted by molar-refractivity contribution is 0.0873. The van der Waals surface area contributed by atoms with Crippen LogP contribution in [-0.4, -0.2) is 35.7 Å². The molecule has 0 spiro atoms. The fraction of sp³-hybridized carbons (Fsp3) is 0.357. The van der Waals surface area contributed by atoms with Crippen molar-refractivity contribution in [2.75, 3.05) is 14.1 Å². The topological polar surface area (TPSA) is 40.6 Å². The van der Waals surface area contributed by atoms with Crippen molar-refractivity contribution >= 4 is 23.2 Å². The molecule has 0 atom stereocenters. The molecule has 2 amide bonds. The van der Waals surface area contributed by atoms with E-state index in [4.69, 9.17) is 0 Å². The van der Waals surface area contributed by atoms with Crippen LogP contribution in [0.4, 0.5) is 0 Å². The zero-order chi connectivity index (χ0) is 25.2. The zero-order valence-corrected chi connectivity index (χ0v) is 21.6. The number of rotatable bonds is 2. The highest BCUT2D eigenvalue weighted by molar-refractivity contribution is 6.14. The van der Waals surface area contributed by atoms with Gasteiger partial charge >= 0.3 is 0 Å². The second kappa shape index (κ2) is 13.3. The molecule has 0 aromatic heterocycles. The lowest BCUT2D eigenvalue weighted by Crippen LogP contribution is -2.18. The summed E-state index contributed by atoms with van der Waals surface area (Å²) in [6.07, 6.45) is 8.36. The summed E-state index contributed by atoms with van der Waals surface area (Å²) in [5, 5.41) is 0. The molecule has 0 radical (unpaired) electrons. The first kappa shape index (κ1) is 28.9. The van der Waals surface area contributed by atoms with Gasteiger partial charge in [0.15, 0.2) is 0 Å². The maximum Gasteiger partial charge on any atom is 0.258 e. The van der Waals surface area contributed by atoms with Crippen LogP contribution in [0.3, 0.4) is 0 Å². The number of allylic oxidation sites excluding steroid dienone is 6. The maximum atomic E-state index is 12.0. The quantitative estimate of drug-likeness (QED) is 0.455. The van der Waals surface area contributed by atoms with Gasteiger partial charge < -0.3 is 9.80 Å². The first-order chi connectivity index (χ1) is 15.1. The fourth-order valence-electron chi connectivity index (χ4n) is 3.16. The third-order valence-corrected chi connectivity index (χ3v) is 5.11. The summed E-state index contributed by atoms with van der Waals surface area (Å²) in [5.41, 5.74) is 6.63. The summed E-state index contributed by atoms with van der Waals surface area (Å²) in [5.74, 6) is -0.239. The van der Waals surface area contributed by atoms with Crippen LogP contribution >= 0.6 is 0 Å². The van der Waals surface area contributed by atoms with E-state index in [0.717, 1.165) is 11.1 Å². The van der Waals surface area contributed by atoms with E-state index in [1.165, 1.54) is 20.9 Å². The molecule has 0 saturated heterocycles. The van der Waals surface area contributed by atoms with Gasteiger partial charge in [-0.3, -0.25) is 9.59 Å². The summed E-state index contributed by atoms with van der Waals surface area (Å²) in [6, 6.07) is 3.48. The summed E-state index contributed by atoms with van der Waals surface area (Å²) >= 11 is 0. The van der Waals surface area contributed by atoms with Crippen LogP contribution in [0.25, 0.3) is 11.4 Å². The van der Waals surface area contributed by atoms with Crippen molar-refractivity contribution in [3.63, 3.8) is 0 Å². The Morgan fingerprint density at radius 2 is 0.969 bits per heavy atom. The van der Waals surface area contributed by atoms with E-state index < -0.39 is 0 Å². The van der Waals surface area contributed by atoms with E-state index in [0.29, 0.717) is 22.5 Å². The lowest BCUT2D eigenvalue weighted by Gasteiger charge is -2.09. The van der Waals surface area contributed by atoms with Gasteiger partial charge in [0.1, 0.15) is 0 Å². The predicted octanol–water partition coefficient (Wildman–Crippen LogP) is 7.33. The van der Waals surface area contributed by atoms with Crippen LogP contribution in [-0.2, 0) is 0 Å². The first-order valence-electron chi connectivity index (χ1n) is 11.2. The molecule has 2 aliphatic rings. The zero-order valence-electron chi connectivity index (χ0n) is 21.6. The molecule has 2 aliphatic heterocycles. The molecular formula is C28H40N2O2. The third-order valence-electron chi connectivity index (χ3n) is 5.11. The minimum atomic E-state index is -0.120. The van der Waals surface area contributed by atoms with Crippen molar-refractivity contribution in [3.05, 3.63) is 83.0 Å². The largest absolute Gasteiger partial charge is 0.311 e. The second-order valence-corrected chi connectivity index (χ2v) is 6.93. The van der Waals surface area contributed by atoms with Crippen molar-refractivity contribution in [3.8, 4) is 0 Å². The predicted molar refractivity (Wildman–Crippen MR) is 139 cm³/mol. The molecule has 0 unspecified atom stereocenters. The fourth-order valence-corrected chi connectivity index (χ4v) is 3.16. The summed E-state index contributed by atoms with van der Waals surface area (Å²) < 4.78 is 0. The molecule has 4 nitrogen and oxygen atoms in total. The van der Waals surface area contributed by atoms with Crippen molar-refractivity contribution in [2.24, 2.45) is 0 Å². The van der Waals surface area contributed by atoms with Crippen LogP contribution < -0.4 is 0 Å². The Balaban J connectivity index is 0.000000590. The normalized spacial score (nSPS) is 14.9. The number of fused-ring (bicyclic) bond motifs is 2. The molecule has 4 heteroatoms. The van der Waals surface area contributed by atoms with Crippen molar-refractivity contribution < 1.29 is 9.59 Å². The minimum Gasteiger partial charge on any atom is -0.311 e. The Morgan fingerprint density at radius 3 is 1.25 bits per heavy atom. The van der Waals surface area contributed by atoms with Crippen molar-refractivity contribution in [1.82, 2.24) is 9.80 Å². The molecule has 0 fully saturated rings. The van der Waals surface area contributed by atoms with Crippen LogP contribution in [0.15, 0.2) is 60.7 Å². The molecule has 1 aromatic carbocycles. The smallest absolute Gasteiger partial charge is 0.258 e. The van der Waals surface area contributed by atoms with Gasteiger partial charge in [-0.15, -0.1) is 0 Å². The number of hydrogen-bond donors (Lipinski definition) is 0. The highest BCUT2D eigenvalue weighted by Gasteiger charge is 2.35. The molecular weight excluding hydrogens is 396 g/mol. The van der Waals surface area contributed by atoms with E-state index >= 15 is 0 Å². The van der Waals surface area contributed by atoms with Gasteiger partial charge in [-0.2, -0.15) is 0 Å². The number of nitrogens with zero attached hydrogens (tertiary/aromatic N) is 2. The van der Waals surface area contributed by atoms with E-state index in [-0.39, 0.29) is 11.8 Å². The number of carbonyl (C=O) groups is 2. The van der Waals surface area contributed by atoms with Gasteiger partial charge in [0.05, 0.1) is 11.1 Å². The van der Waals surface area contributed by atoms with Crippen molar-refractivity contribution in [1.29, 1.82) is 0 Å². The third kappa shape index (κ3) is 5.97. The van der Waals surface area contributed by atoms with E-state index in [1.807, 2.05) is 47.6 Å². The molecule has 0 aliphatic carbocycles. The summed E-state index contributed by atoms with van der Waals surface area (Å²) in [7, 11) is 3.36. The highest BCUT2D eigenvalue weighted by Crippen LogP contribution is 2.38. The summed E-state index contributed by atoms with van der Waals surface area (Å²) in [4.78, 5) is 27.0. The van der Waals surface area contributed by atoms with E-state index in [9.17, 15) is 9.59 Å². The summed E-state index contributed by atoms with van der Waals surface area (Å²) in [6.45, 7) is 24.1. The Morgan fingerprint density at radius 1 is 0.688 bits per heavy atom. The molecule has 0 N–H and O–H groups in total. The standard InChI is InChI=1S/C14H12N2O2.C10H16.2C2H6/c1-7-9-5-10-8(2)16(4)14(18)12(10)6-11(9)13(17)15(7)3;1-5-7-9(3)10(4)8-6-2;2*1-2/h5-6H,1-2H2,3-4H3;5-8H,1-4H3;2*1-2H3/b;7-5-,8-6-,10-9+;;. The van der Waals surface area contributed by atoms with Gasteiger partial charge in [-0.1, -0.05) is 65.2 Å². The number of carbonyl (C=O) groups excluding carboxylic acids is 2. The molecule has 2 heterocycles. The van der Waals surface area contributed by atoms with Crippen LogP contribution in [0.1, 0.15) is 87.2 Å². The number of benzene rings is 1. The second-order valence-electron chi connectivity index (χ2n) is 6.93. The van der Waals surface area contributed by atoms with Gasteiger partial charge in [0.25, 0.3) is 11.8 Å². The highest BCUT2D eigenvalue weighted by atomic mass is 16.2. The van der Waals surface area contributed by atoms with Gasteiger partial charge in [0, 0.05) is 36.6 Å². The SMILES string of the molecule is C=C1c2cc3c(cc2C(=O)N1C)C(=O)N(C)C3=C.CC.CC.C\C=C/C(C)=C(C)/C=C\C. The Bertz CT molecular complexity index is 834. The average Bonchev–Trinajstić information content (AvgIpc) is 3.16. The molecule has 0 bridgehead atoms. The number of amides is 2. The molecule has 3 rings (SSSR count). The van der Waals surface area contributed by atoms with E-state index in [1.54, 1.807) is 20.2 Å². The Hall–Kier alpha value is -3.14. The monoisotopic (exact) mass is 436 g/mol. The van der Waals surface area contributed by atoms with Gasteiger partial charge in [0.2, 0.25) is 0 Å². The van der Waals surface area contributed by atoms with Crippen LogP contribution in [0.5, 0.6) is 0 Å². The Labute approximate surface area is 195 Å². The Kier molecular flexibility index (Phi) is 12.0. The molecule has 0 saturated carbocycles. The lowest BCUT2D eigenvalue weighted by atomic mass is 9.99. The van der Waals surface area contributed by atoms with Crippen LogP contribution in [0.2, 0.25) is 0 Å². The average molecular weight is 437 g/mol. The molecule has 32 heavy (non-hydrogen) atoms. The maximum absolute atomic E-state index is 12.0. The van der Waals surface area contributed by atoms with Crippen LogP contribution in [0, 0.1) is 0 Å². The van der Waals surface area contributed by atoms with Gasteiger partial charge in [-0.05, 0) is 51.0 Å². The molecule has 174 valence electrons. The number of hydrogen-bond acceptors (Lipinski definition) is 2. The minimum absolute atomic E-state index is 0.120. The first-order valence-corrected chi connectivity index (χ1v) is 11.2.